The summed E-state index contributed by atoms with van der Waals surface area (Å²) >= 11 is 0. The first-order valence-electron chi connectivity index (χ1n) is 4.39. The number of rotatable bonds is 0. The molecule has 0 heterocycles. The van der Waals surface area contributed by atoms with Gasteiger partial charge in [-0.15, -0.1) is 0 Å². The Labute approximate surface area is 78.1 Å². The van der Waals surface area contributed by atoms with Crippen LogP contribution in [-0.2, 0) is 0 Å². The second-order valence-corrected chi connectivity index (χ2v) is 3.98. The van der Waals surface area contributed by atoms with Crippen LogP contribution >= 0.6 is 0 Å². The standard InChI is InChI=1S/C12H12O/c1-8-9-6-4-5-7-10(9)11(13)12(8,2)3/h4-7H,1H2,2-3H3. The summed E-state index contributed by atoms with van der Waals surface area (Å²) in [5.41, 5.74) is 2.35. The zero-order valence-corrected chi connectivity index (χ0v) is 7.92. The molecule has 0 atom stereocenters. The van der Waals surface area contributed by atoms with Crippen LogP contribution in [-0.4, -0.2) is 5.78 Å². The minimum atomic E-state index is -0.413. The minimum Gasteiger partial charge on any atom is -0.293 e. The lowest BCUT2D eigenvalue weighted by Crippen LogP contribution is -2.17. The number of hydrogen-bond donors (Lipinski definition) is 0. The molecule has 1 aromatic rings. The predicted molar refractivity (Wildman–Crippen MR) is 53.6 cm³/mol. The van der Waals surface area contributed by atoms with Crippen LogP contribution in [0.15, 0.2) is 30.8 Å². The zero-order valence-electron chi connectivity index (χ0n) is 7.92. The normalized spacial score (nSPS) is 18.9. The van der Waals surface area contributed by atoms with Gasteiger partial charge in [0.25, 0.3) is 0 Å². The summed E-state index contributed by atoms with van der Waals surface area (Å²) in [5, 5.41) is 0. The van der Waals surface area contributed by atoms with Gasteiger partial charge in [-0.1, -0.05) is 30.8 Å². The van der Waals surface area contributed by atoms with E-state index in [4.69, 9.17) is 0 Å². The third-order valence-corrected chi connectivity index (χ3v) is 2.82. The van der Waals surface area contributed by atoms with E-state index in [0.29, 0.717) is 0 Å². The van der Waals surface area contributed by atoms with Crippen molar-refractivity contribution in [2.45, 2.75) is 13.8 Å². The van der Waals surface area contributed by atoms with E-state index in [1.165, 1.54) is 0 Å². The molecule has 1 aliphatic carbocycles. The fraction of sp³-hybridized carbons (Fsp3) is 0.250. The first kappa shape index (κ1) is 8.24. The third kappa shape index (κ3) is 0.902. The van der Waals surface area contributed by atoms with Crippen molar-refractivity contribution in [1.82, 2.24) is 0 Å². The van der Waals surface area contributed by atoms with Crippen LogP contribution in [0.25, 0.3) is 5.57 Å². The highest BCUT2D eigenvalue weighted by Crippen LogP contribution is 2.44. The van der Waals surface area contributed by atoms with Gasteiger partial charge in [-0.25, -0.2) is 0 Å². The van der Waals surface area contributed by atoms with Crippen LogP contribution in [0, 0.1) is 5.41 Å². The molecule has 1 heteroatoms. The molecule has 1 aromatic carbocycles. The molecule has 0 saturated carbocycles. The molecule has 13 heavy (non-hydrogen) atoms. The second kappa shape index (κ2) is 2.32. The Bertz CT molecular complexity index is 362. The number of Topliss-reactive ketones (excluding diaryl/α,β-unsaturated/α-hetero) is 1. The summed E-state index contributed by atoms with van der Waals surface area (Å²) in [4.78, 5) is 11.9. The maximum absolute atomic E-state index is 11.9. The van der Waals surface area contributed by atoms with Crippen LogP contribution in [0.2, 0.25) is 0 Å². The van der Waals surface area contributed by atoms with Crippen LogP contribution in [0.3, 0.4) is 0 Å². The molecule has 1 nitrogen and oxygen atoms in total. The highest BCUT2D eigenvalue weighted by atomic mass is 16.1. The minimum absolute atomic E-state index is 0.188. The maximum Gasteiger partial charge on any atom is 0.173 e. The van der Waals surface area contributed by atoms with Gasteiger partial charge in [0.2, 0.25) is 0 Å². The molecule has 0 saturated heterocycles. The molecule has 0 aromatic heterocycles. The molecular formula is C12H12O. The fourth-order valence-electron chi connectivity index (χ4n) is 1.75. The van der Waals surface area contributed by atoms with E-state index in [-0.39, 0.29) is 5.78 Å². The average molecular weight is 172 g/mol. The Morgan fingerprint density at radius 1 is 1.15 bits per heavy atom. The molecule has 0 radical (unpaired) electrons. The van der Waals surface area contributed by atoms with Crippen molar-refractivity contribution >= 4 is 11.4 Å². The van der Waals surface area contributed by atoms with Gasteiger partial charge in [-0.3, -0.25) is 4.79 Å². The summed E-state index contributed by atoms with van der Waals surface area (Å²) < 4.78 is 0. The molecule has 0 unspecified atom stereocenters. The van der Waals surface area contributed by atoms with Crippen molar-refractivity contribution < 1.29 is 4.79 Å². The molecule has 0 amide bonds. The summed E-state index contributed by atoms with van der Waals surface area (Å²) in [6.45, 7) is 7.83. The number of hydrogen-bond acceptors (Lipinski definition) is 1. The molecule has 2 rings (SSSR count). The predicted octanol–water partition coefficient (Wildman–Crippen LogP) is 2.92. The Morgan fingerprint density at radius 2 is 1.69 bits per heavy atom. The molecule has 0 spiro atoms. The van der Waals surface area contributed by atoms with Crippen molar-refractivity contribution in [2.75, 3.05) is 0 Å². The average Bonchev–Trinajstić information content (AvgIpc) is 2.30. The van der Waals surface area contributed by atoms with Crippen molar-refractivity contribution in [3.8, 4) is 0 Å². The number of benzene rings is 1. The maximum atomic E-state index is 11.9. The molecule has 0 bridgehead atoms. The molecule has 66 valence electrons. The van der Waals surface area contributed by atoms with Crippen molar-refractivity contribution in [3.63, 3.8) is 0 Å². The summed E-state index contributed by atoms with van der Waals surface area (Å²) in [6.07, 6.45) is 0. The van der Waals surface area contributed by atoms with Gasteiger partial charge in [0.15, 0.2) is 5.78 Å². The van der Waals surface area contributed by atoms with Gasteiger partial charge in [-0.05, 0) is 25.0 Å². The Morgan fingerprint density at radius 3 is 2.23 bits per heavy atom. The summed E-state index contributed by atoms with van der Waals surface area (Å²) in [7, 11) is 0. The van der Waals surface area contributed by atoms with E-state index in [1.54, 1.807) is 0 Å². The number of carbonyl (C=O) groups is 1. The zero-order chi connectivity index (χ0) is 9.64. The largest absolute Gasteiger partial charge is 0.293 e. The highest BCUT2D eigenvalue weighted by molar-refractivity contribution is 6.16. The molecule has 0 N–H and O–H groups in total. The van der Waals surface area contributed by atoms with E-state index in [1.807, 2.05) is 38.1 Å². The van der Waals surface area contributed by atoms with E-state index in [2.05, 4.69) is 6.58 Å². The van der Waals surface area contributed by atoms with Crippen molar-refractivity contribution in [3.05, 3.63) is 42.0 Å². The van der Waals surface area contributed by atoms with Gasteiger partial charge in [0.1, 0.15) is 0 Å². The van der Waals surface area contributed by atoms with Crippen LogP contribution in [0.5, 0.6) is 0 Å². The number of ketones is 1. The molecule has 0 aliphatic heterocycles. The lowest BCUT2D eigenvalue weighted by molar-refractivity contribution is 0.0905. The van der Waals surface area contributed by atoms with E-state index in [9.17, 15) is 4.79 Å². The lowest BCUT2D eigenvalue weighted by atomic mass is 9.85. The van der Waals surface area contributed by atoms with E-state index >= 15 is 0 Å². The summed E-state index contributed by atoms with van der Waals surface area (Å²) in [5.74, 6) is 0.188. The second-order valence-electron chi connectivity index (χ2n) is 3.98. The SMILES string of the molecule is C=C1c2ccccc2C(=O)C1(C)C. The number of allylic oxidation sites excluding steroid dienone is 1. The Balaban J connectivity index is 2.71. The van der Waals surface area contributed by atoms with Crippen LogP contribution in [0.4, 0.5) is 0 Å². The smallest absolute Gasteiger partial charge is 0.173 e. The lowest BCUT2D eigenvalue weighted by Gasteiger charge is -2.16. The topological polar surface area (TPSA) is 17.1 Å². The van der Waals surface area contributed by atoms with Crippen molar-refractivity contribution in [1.29, 1.82) is 0 Å². The highest BCUT2D eigenvalue weighted by Gasteiger charge is 2.40. The Kier molecular flexibility index (Phi) is 1.47. The van der Waals surface area contributed by atoms with E-state index in [0.717, 1.165) is 16.7 Å². The quantitative estimate of drug-likeness (QED) is 0.588. The Hall–Kier alpha value is -1.37. The van der Waals surface area contributed by atoms with Crippen LogP contribution in [0.1, 0.15) is 29.8 Å². The monoisotopic (exact) mass is 172 g/mol. The first-order chi connectivity index (χ1) is 6.05. The van der Waals surface area contributed by atoms with Gasteiger partial charge in [-0.2, -0.15) is 0 Å². The molecular weight excluding hydrogens is 160 g/mol. The number of carbonyl (C=O) groups excluding carboxylic acids is 1. The van der Waals surface area contributed by atoms with Crippen molar-refractivity contribution in [2.24, 2.45) is 5.41 Å². The van der Waals surface area contributed by atoms with Gasteiger partial charge in [0, 0.05) is 5.56 Å². The van der Waals surface area contributed by atoms with E-state index < -0.39 is 5.41 Å². The fourth-order valence-corrected chi connectivity index (χ4v) is 1.75. The van der Waals surface area contributed by atoms with Crippen LogP contribution < -0.4 is 0 Å². The van der Waals surface area contributed by atoms with Gasteiger partial charge in [0.05, 0.1) is 5.41 Å². The molecule has 1 aliphatic rings. The number of fused-ring (bicyclic) bond motifs is 1. The van der Waals surface area contributed by atoms with Gasteiger partial charge >= 0.3 is 0 Å². The third-order valence-electron chi connectivity index (χ3n) is 2.82. The van der Waals surface area contributed by atoms with Gasteiger partial charge < -0.3 is 0 Å². The first-order valence-corrected chi connectivity index (χ1v) is 4.39. The summed E-state index contributed by atoms with van der Waals surface area (Å²) in [6, 6.07) is 7.67. The molecule has 0 fully saturated rings.